The molecule has 1 aliphatic rings. The number of carbonyl (C=O) groups excluding carboxylic acids is 1. The molecule has 4 rings (SSSR count). The smallest absolute Gasteiger partial charge is 0.404 e. The van der Waals surface area contributed by atoms with Crippen LogP contribution < -0.4 is 15.6 Å². The van der Waals surface area contributed by atoms with Gasteiger partial charge in [0, 0.05) is 28.3 Å². The van der Waals surface area contributed by atoms with Gasteiger partial charge in [0.1, 0.15) is 11.8 Å². The lowest BCUT2D eigenvalue weighted by Gasteiger charge is -2.40. The minimum atomic E-state index is -4.29. The van der Waals surface area contributed by atoms with Gasteiger partial charge in [-0.3, -0.25) is 14.5 Å². The topological polar surface area (TPSA) is 79.4 Å². The standard InChI is InChI=1S/C27H33F3N4O3/c1-15-12-22(37-5)20(25(35)32-15)14-31-26(36)24-17(3)34(21-9-7-6-8-19(21)24)16(2)18-10-11-33(4)23(13-18)27(28,29)30/h6-9,12,16,18,23H,10-11,13-14H2,1-5H3,(H,31,36)(H,32,35)/t16-,18-,23+/m1/s1. The van der Waals surface area contributed by atoms with Crippen LogP contribution in [0.1, 0.15) is 53.1 Å². The molecule has 200 valence electrons. The molecule has 0 bridgehead atoms. The first-order valence-corrected chi connectivity index (χ1v) is 12.4. The molecule has 0 radical (unpaired) electrons. The predicted octanol–water partition coefficient (Wildman–Crippen LogP) is 4.72. The number of aromatic nitrogens is 2. The van der Waals surface area contributed by atoms with Gasteiger partial charge in [-0.05, 0) is 65.3 Å². The predicted molar refractivity (Wildman–Crippen MR) is 136 cm³/mol. The Labute approximate surface area is 213 Å². The van der Waals surface area contributed by atoms with E-state index in [-0.39, 0.29) is 36.4 Å². The van der Waals surface area contributed by atoms with Gasteiger partial charge in [-0.1, -0.05) is 18.2 Å². The van der Waals surface area contributed by atoms with Crippen LogP contribution in [0.4, 0.5) is 13.2 Å². The number of pyridine rings is 1. The molecule has 1 amide bonds. The highest BCUT2D eigenvalue weighted by atomic mass is 19.4. The number of nitrogens with zero attached hydrogens (tertiary/aromatic N) is 2. The number of halogens is 3. The van der Waals surface area contributed by atoms with Crippen molar-refractivity contribution in [2.45, 2.75) is 58.4 Å². The third-order valence-electron chi connectivity index (χ3n) is 7.64. The van der Waals surface area contributed by atoms with Crippen molar-refractivity contribution in [1.29, 1.82) is 0 Å². The molecule has 2 N–H and O–H groups in total. The van der Waals surface area contributed by atoms with Crippen molar-refractivity contribution >= 4 is 16.8 Å². The van der Waals surface area contributed by atoms with Crippen LogP contribution in [-0.4, -0.2) is 53.3 Å². The number of ether oxygens (including phenoxy) is 1. The number of hydrogen-bond acceptors (Lipinski definition) is 4. The molecule has 3 aromatic rings. The van der Waals surface area contributed by atoms with Crippen molar-refractivity contribution in [3.63, 3.8) is 0 Å². The summed E-state index contributed by atoms with van der Waals surface area (Å²) >= 11 is 0. The zero-order chi connectivity index (χ0) is 27.1. The van der Waals surface area contributed by atoms with E-state index >= 15 is 0 Å². The Morgan fingerprint density at radius 2 is 1.97 bits per heavy atom. The maximum Gasteiger partial charge on any atom is 0.404 e. The fourth-order valence-corrected chi connectivity index (χ4v) is 5.64. The molecule has 0 spiro atoms. The van der Waals surface area contributed by atoms with Crippen molar-refractivity contribution < 1.29 is 22.7 Å². The number of amides is 1. The van der Waals surface area contributed by atoms with Gasteiger partial charge in [0.15, 0.2) is 0 Å². The number of para-hydroxylation sites is 1. The molecule has 0 saturated carbocycles. The number of benzene rings is 1. The third kappa shape index (κ3) is 5.12. The highest BCUT2D eigenvalue weighted by molar-refractivity contribution is 6.08. The Morgan fingerprint density at radius 3 is 2.65 bits per heavy atom. The van der Waals surface area contributed by atoms with Crippen LogP contribution in [0.15, 0.2) is 35.1 Å². The number of nitrogens with one attached hydrogen (secondary N) is 2. The van der Waals surface area contributed by atoms with Gasteiger partial charge in [0.05, 0.1) is 24.8 Å². The summed E-state index contributed by atoms with van der Waals surface area (Å²) in [6, 6.07) is 7.38. The average molecular weight is 519 g/mol. The zero-order valence-electron chi connectivity index (χ0n) is 21.7. The Hall–Kier alpha value is -3.27. The highest BCUT2D eigenvalue weighted by Crippen LogP contribution is 2.40. The first-order valence-electron chi connectivity index (χ1n) is 12.4. The molecule has 37 heavy (non-hydrogen) atoms. The van der Waals surface area contributed by atoms with Crippen molar-refractivity contribution in [2.75, 3.05) is 20.7 Å². The number of alkyl halides is 3. The van der Waals surface area contributed by atoms with E-state index in [2.05, 4.69) is 10.3 Å². The second-order valence-corrected chi connectivity index (χ2v) is 9.92. The molecule has 2 aromatic heterocycles. The van der Waals surface area contributed by atoms with Crippen LogP contribution in [0, 0.1) is 19.8 Å². The fourth-order valence-electron chi connectivity index (χ4n) is 5.64. The first-order chi connectivity index (χ1) is 17.4. The summed E-state index contributed by atoms with van der Waals surface area (Å²) in [6.07, 6.45) is -3.65. The van der Waals surface area contributed by atoms with Crippen LogP contribution in [0.3, 0.4) is 0 Å². The van der Waals surface area contributed by atoms with Crippen LogP contribution in [-0.2, 0) is 6.54 Å². The monoisotopic (exact) mass is 518 g/mol. The van der Waals surface area contributed by atoms with Gasteiger partial charge in [0.2, 0.25) is 0 Å². The number of hydrogen-bond donors (Lipinski definition) is 2. The van der Waals surface area contributed by atoms with Crippen molar-refractivity contribution in [3.8, 4) is 5.75 Å². The van der Waals surface area contributed by atoms with E-state index < -0.39 is 12.2 Å². The molecule has 0 unspecified atom stereocenters. The summed E-state index contributed by atoms with van der Waals surface area (Å²) in [7, 11) is 2.98. The van der Waals surface area contributed by atoms with Gasteiger partial charge in [-0.15, -0.1) is 0 Å². The minimum absolute atomic E-state index is 0.00460. The summed E-state index contributed by atoms with van der Waals surface area (Å²) in [5.41, 5.74) is 2.54. The number of aryl methyl sites for hydroxylation is 1. The number of likely N-dealkylation sites (tertiary alicyclic amines) is 1. The second-order valence-electron chi connectivity index (χ2n) is 9.92. The molecular weight excluding hydrogens is 485 g/mol. The third-order valence-corrected chi connectivity index (χ3v) is 7.64. The SMILES string of the molecule is COc1cc(C)[nH]c(=O)c1CNC(=O)c1c(C)n([C@H](C)[C@@H]2CCN(C)[C@H](C(F)(F)F)C2)c2ccccc12. The number of rotatable bonds is 6. The molecule has 3 heterocycles. The molecule has 3 atom stereocenters. The van der Waals surface area contributed by atoms with Crippen LogP contribution in [0.25, 0.3) is 10.9 Å². The Kier molecular flexibility index (Phi) is 7.41. The normalized spacial score (nSPS) is 19.7. The van der Waals surface area contributed by atoms with Gasteiger partial charge >= 0.3 is 6.18 Å². The van der Waals surface area contributed by atoms with Crippen molar-refractivity contribution in [2.24, 2.45) is 5.92 Å². The Bertz CT molecular complexity index is 1360. The summed E-state index contributed by atoms with van der Waals surface area (Å²) in [5, 5.41) is 3.56. The summed E-state index contributed by atoms with van der Waals surface area (Å²) in [5.74, 6) is -0.183. The van der Waals surface area contributed by atoms with E-state index in [0.29, 0.717) is 41.2 Å². The lowest BCUT2D eigenvalue weighted by atomic mass is 9.85. The maximum absolute atomic E-state index is 13.7. The van der Waals surface area contributed by atoms with E-state index in [1.807, 2.05) is 42.7 Å². The summed E-state index contributed by atoms with van der Waals surface area (Å²) in [6.45, 7) is 5.82. The van der Waals surface area contributed by atoms with E-state index in [1.54, 1.807) is 13.0 Å². The van der Waals surface area contributed by atoms with E-state index in [1.165, 1.54) is 19.1 Å². The summed E-state index contributed by atoms with van der Waals surface area (Å²) in [4.78, 5) is 30.0. The largest absolute Gasteiger partial charge is 0.496 e. The number of aromatic amines is 1. The number of carbonyl (C=O) groups is 1. The number of H-pyrrole nitrogens is 1. The lowest BCUT2D eigenvalue weighted by molar-refractivity contribution is -0.192. The molecule has 10 heteroatoms. The zero-order valence-corrected chi connectivity index (χ0v) is 21.7. The lowest BCUT2D eigenvalue weighted by Crippen LogP contribution is -2.49. The van der Waals surface area contributed by atoms with Gasteiger partial charge < -0.3 is 19.6 Å². The molecule has 1 aliphatic heterocycles. The molecule has 1 saturated heterocycles. The van der Waals surface area contributed by atoms with Crippen molar-refractivity contribution in [1.82, 2.24) is 19.8 Å². The fraction of sp³-hybridized carbons (Fsp3) is 0.481. The van der Waals surface area contributed by atoms with Crippen LogP contribution >= 0.6 is 0 Å². The maximum atomic E-state index is 13.7. The average Bonchev–Trinajstić information content (AvgIpc) is 3.13. The number of methoxy groups -OCH3 is 1. The Balaban J connectivity index is 1.66. The highest BCUT2D eigenvalue weighted by Gasteiger charge is 2.46. The number of piperidine rings is 1. The Morgan fingerprint density at radius 1 is 1.27 bits per heavy atom. The van der Waals surface area contributed by atoms with E-state index in [9.17, 15) is 22.8 Å². The van der Waals surface area contributed by atoms with E-state index in [4.69, 9.17) is 4.74 Å². The van der Waals surface area contributed by atoms with Gasteiger partial charge in [-0.25, -0.2) is 0 Å². The molecule has 7 nitrogen and oxygen atoms in total. The second kappa shape index (κ2) is 10.2. The molecule has 1 aromatic carbocycles. The van der Waals surface area contributed by atoms with Gasteiger partial charge in [-0.2, -0.15) is 13.2 Å². The minimum Gasteiger partial charge on any atom is -0.496 e. The van der Waals surface area contributed by atoms with Crippen LogP contribution in [0.5, 0.6) is 5.75 Å². The van der Waals surface area contributed by atoms with E-state index in [0.717, 1.165) is 10.9 Å². The first kappa shape index (κ1) is 26.8. The number of fused-ring (bicyclic) bond motifs is 1. The molecule has 0 aliphatic carbocycles. The summed E-state index contributed by atoms with van der Waals surface area (Å²) < 4.78 is 48.3. The molecular formula is C27H33F3N4O3. The van der Waals surface area contributed by atoms with Crippen LogP contribution in [0.2, 0.25) is 0 Å². The van der Waals surface area contributed by atoms with Crippen molar-refractivity contribution in [3.05, 3.63) is 63.2 Å². The van der Waals surface area contributed by atoms with Gasteiger partial charge in [0.25, 0.3) is 11.5 Å². The molecule has 1 fully saturated rings. The quantitative estimate of drug-likeness (QED) is 0.495.